The molecule has 2 aliphatic heterocycles. The van der Waals surface area contributed by atoms with Crippen LogP contribution in [0.15, 0.2) is 82.9 Å². The van der Waals surface area contributed by atoms with E-state index in [-0.39, 0.29) is 6.04 Å². The van der Waals surface area contributed by atoms with Gasteiger partial charge in [0.1, 0.15) is 11.9 Å². The Labute approximate surface area is 160 Å². The lowest BCUT2D eigenvalue weighted by Gasteiger charge is -2.30. The number of guanidine groups is 1. The Morgan fingerprint density at radius 2 is 1.69 bits per heavy atom. The van der Waals surface area contributed by atoms with E-state index in [2.05, 4.69) is 33.8 Å². The summed E-state index contributed by atoms with van der Waals surface area (Å²) in [7, 11) is 0. The molecule has 0 spiro atoms. The Morgan fingerprint density at radius 3 is 2.46 bits per heavy atom. The third-order valence-electron chi connectivity index (χ3n) is 4.39. The molecule has 3 heterocycles. The summed E-state index contributed by atoms with van der Waals surface area (Å²) in [4.78, 5) is 12.6. The average molecular weight is 374 g/mol. The van der Waals surface area contributed by atoms with Gasteiger partial charge in [-0.05, 0) is 36.0 Å². The molecular formula is C20H14N4S2. The van der Waals surface area contributed by atoms with Crippen molar-refractivity contribution in [1.82, 2.24) is 4.57 Å². The number of thiazole rings is 1. The number of fused-ring (bicyclic) bond motifs is 3. The van der Waals surface area contributed by atoms with E-state index in [1.807, 2.05) is 53.6 Å². The van der Waals surface area contributed by atoms with Gasteiger partial charge in [-0.1, -0.05) is 48.5 Å². The van der Waals surface area contributed by atoms with Gasteiger partial charge in [-0.2, -0.15) is 0 Å². The van der Waals surface area contributed by atoms with Crippen LogP contribution in [0.2, 0.25) is 0 Å². The second-order valence-corrected chi connectivity index (χ2v) is 7.63. The summed E-state index contributed by atoms with van der Waals surface area (Å²) < 4.78 is 2.92. The first kappa shape index (κ1) is 15.4. The van der Waals surface area contributed by atoms with E-state index in [0.29, 0.717) is 5.96 Å². The zero-order valence-electron chi connectivity index (χ0n) is 13.7. The van der Waals surface area contributed by atoms with Crippen molar-refractivity contribution in [2.24, 2.45) is 9.98 Å². The van der Waals surface area contributed by atoms with E-state index in [4.69, 9.17) is 17.2 Å². The van der Waals surface area contributed by atoms with Crippen molar-refractivity contribution in [3.8, 4) is 5.69 Å². The number of allylic oxidation sites excluding steroid dienone is 1. The highest BCUT2D eigenvalue weighted by Gasteiger charge is 2.33. The standard InChI is InChI=1S/C20H14N4S2/c25-20-24(15-10-5-2-6-11-15)18-17(26-20)16(14-8-3-1-4-9-14)22-19-21-12-7-13-23(18)19/h1-13,16H. The van der Waals surface area contributed by atoms with E-state index in [9.17, 15) is 0 Å². The fourth-order valence-corrected chi connectivity index (χ4v) is 4.76. The first-order valence-corrected chi connectivity index (χ1v) is 9.49. The molecule has 2 aromatic carbocycles. The van der Waals surface area contributed by atoms with Crippen LogP contribution < -0.4 is 4.90 Å². The largest absolute Gasteiger partial charge is 0.277 e. The lowest BCUT2D eigenvalue weighted by atomic mass is 10.0. The second kappa shape index (κ2) is 6.16. The molecule has 3 aromatic rings. The minimum absolute atomic E-state index is 0.0993. The second-order valence-electron chi connectivity index (χ2n) is 5.96. The molecule has 26 heavy (non-hydrogen) atoms. The Kier molecular flexibility index (Phi) is 3.65. The normalized spacial score (nSPS) is 17.6. The van der Waals surface area contributed by atoms with Crippen LogP contribution in [0, 0.1) is 3.95 Å². The zero-order valence-corrected chi connectivity index (χ0v) is 15.3. The Bertz CT molecular complexity index is 1110. The first-order chi connectivity index (χ1) is 12.8. The molecule has 0 saturated carbocycles. The molecule has 0 bridgehead atoms. The van der Waals surface area contributed by atoms with Gasteiger partial charge in [-0.25, -0.2) is 9.98 Å². The van der Waals surface area contributed by atoms with Crippen LogP contribution in [0.5, 0.6) is 0 Å². The van der Waals surface area contributed by atoms with E-state index in [1.165, 1.54) is 0 Å². The van der Waals surface area contributed by atoms with E-state index >= 15 is 0 Å². The highest BCUT2D eigenvalue weighted by Crippen LogP contribution is 2.44. The molecule has 0 N–H and O–H groups in total. The van der Waals surface area contributed by atoms with Gasteiger partial charge in [0.05, 0.1) is 4.88 Å². The van der Waals surface area contributed by atoms with Gasteiger partial charge in [0.15, 0.2) is 3.95 Å². The highest BCUT2D eigenvalue weighted by atomic mass is 32.1. The van der Waals surface area contributed by atoms with Crippen molar-refractivity contribution < 1.29 is 0 Å². The van der Waals surface area contributed by atoms with Gasteiger partial charge in [0.2, 0.25) is 5.96 Å². The lowest BCUT2D eigenvalue weighted by Crippen LogP contribution is -2.32. The molecule has 0 fully saturated rings. The minimum Gasteiger partial charge on any atom is -0.277 e. The predicted molar refractivity (Wildman–Crippen MR) is 110 cm³/mol. The van der Waals surface area contributed by atoms with Crippen LogP contribution in [-0.4, -0.2) is 16.7 Å². The molecule has 1 aromatic heterocycles. The molecule has 6 heteroatoms. The molecule has 0 radical (unpaired) electrons. The quantitative estimate of drug-likeness (QED) is 0.583. The Hall–Kier alpha value is -2.83. The summed E-state index contributed by atoms with van der Waals surface area (Å²) >= 11 is 7.35. The summed E-state index contributed by atoms with van der Waals surface area (Å²) in [5.41, 5.74) is 2.19. The Morgan fingerprint density at radius 1 is 0.962 bits per heavy atom. The molecule has 1 unspecified atom stereocenters. The summed E-state index contributed by atoms with van der Waals surface area (Å²) in [6.45, 7) is 0. The van der Waals surface area contributed by atoms with E-state index < -0.39 is 0 Å². The fourth-order valence-electron chi connectivity index (χ4n) is 3.25. The number of aliphatic imine (C=N–C) groups is 2. The number of benzene rings is 2. The smallest absolute Gasteiger partial charge is 0.231 e. The number of hydrogen-bond acceptors (Lipinski definition) is 5. The molecule has 0 aliphatic carbocycles. The van der Waals surface area contributed by atoms with Crippen LogP contribution in [0.1, 0.15) is 16.5 Å². The number of nitrogens with zero attached hydrogens (tertiary/aromatic N) is 4. The SMILES string of the molecule is S=c1sc2c(n1-c1ccccc1)N1C=CC=NC1=NC2c1ccccc1. The van der Waals surface area contributed by atoms with Crippen molar-refractivity contribution >= 4 is 41.5 Å². The minimum atomic E-state index is -0.0993. The molecule has 4 nitrogen and oxygen atoms in total. The number of rotatable bonds is 2. The maximum absolute atomic E-state index is 5.74. The molecule has 1 atom stereocenters. The van der Waals surface area contributed by atoms with Crippen molar-refractivity contribution in [3.05, 3.63) is 87.3 Å². The molecule has 0 saturated heterocycles. The summed E-state index contributed by atoms with van der Waals surface area (Å²) in [6.07, 6.45) is 5.69. The topological polar surface area (TPSA) is 32.9 Å². The maximum atomic E-state index is 5.74. The number of hydrogen-bond donors (Lipinski definition) is 0. The van der Waals surface area contributed by atoms with Crippen LogP contribution in [0.4, 0.5) is 5.82 Å². The van der Waals surface area contributed by atoms with E-state index in [1.54, 1.807) is 17.6 Å². The van der Waals surface area contributed by atoms with Gasteiger partial charge in [-0.15, -0.1) is 11.3 Å². The van der Waals surface area contributed by atoms with Crippen molar-refractivity contribution in [3.63, 3.8) is 0 Å². The lowest BCUT2D eigenvalue weighted by molar-refractivity contribution is 0.844. The molecule has 0 amide bonds. The fraction of sp³-hybridized carbons (Fsp3) is 0.0500. The van der Waals surface area contributed by atoms with Crippen LogP contribution in [-0.2, 0) is 0 Å². The number of aromatic nitrogens is 1. The number of para-hydroxylation sites is 1. The van der Waals surface area contributed by atoms with Crippen LogP contribution >= 0.6 is 23.6 Å². The number of anilines is 1. The maximum Gasteiger partial charge on any atom is 0.231 e. The predicted octanol–water partition coefficient (Wildman–Crippen LogP) is 5.13. The van der Waals surface area contributed by atoms with Gasteiger partial charge in [0.25, 0.3) is 0 Å². The third-order valence-corrected chi connectivity index (χ3v) is 5.81. The van der Waals surface area contributed by atoms with Gasteiger partial charge < -0.3 is 0 Å². The van der Waals surface area contributed by atoms with Crippen molar-refractivity contribution in [2.75, 3.05) is 4.90 Å². The first-order valence-electron chi connectivity index (χ1n) is 8.27. The van der Waals surface area contributed by atoms with Gasteiger partial charge in [-0.3, -0.25) is 9.47 Å². The molecular weight excluding hydrogens is 360 g/mol. The summed E-state index contributed by atoms with van der Waals surface area (Å²) in [5.74, 6) is 1.71. The monoisotopic (exact) mass is 374 g/mol. The highest BCUT2D eigenvalue weighted by molar-refractivity contribution is 7.73. The summed E-state index contributed by atoms with van der Waals surface area (Å²) in [6, 6.07) is 20.4. The summed E-state index contributed by atoms with van der Waals surface area (Å²) in [5, 5.41) is 0. The average Bonchev–Trinajstić information content (AvgIpc) is 3.06. The van der Waals surface area contributed by atoms with Gasteiger partial charge >= 0.3 is 0 Å². The zero-order chi connectivity index (χ0) is 17.5. The molecule has 2 aliphatic rings. The molecule has 5 rings (SSSR count). The third kappa shape index (κ3) is 2.38. The van der Waals surface area contributed by atoms with Crippen LogP contribution in [0.3, 0.4) is 0 Å². The van der Waals surface area contributed by atoms with Crippen molar-refractivity contribution in [1.29, 1.82) is 0 Å². The Balaban J connectivity index is 1.79. The van der Waals surface area contributed by atoms with Gasteiger partial charge in [0, 0.05) is 18.1 Å². The molecule has 126 valence electrons. The van der Waals surface area contributed by atoms with E-state index in [0.717, 1.165) is 25.9 Å². The van der Waals surface area contributed by atoms with Crippen molar-refractivity contribution in [2.45, 2.75) is 6.04 Å². The van der Waals surface area contributed by atoms with Crippen LogP contribution in [0.25, 0.3) is 5.69 Å².